The fraction of sp³-hybridized carbons (Fsp3) is 0.211. The number of pyridine rings is 1. The van der Waals surface area contributed by atoms with Crippen molar-refractivity contribution in [3.8, 4) is 11.1 Å². The van der Waals surface area contributed by atoms with Gasteiger partial charge >= 0.3 is 0 Å². The lowest BCUT2D eigenvalue weighted by atomic mass is 10.0. The van der Waals surface area contributed by atoms with Crippen LogP contribution in [0.2, 0.25) is 5.02 Å². The molecule has 1 heterocycles. The van der Waals surface area contributed by atoms with Crippen molar-refractivity contribution in [2.45, 2.75) is 11.3 Å². The highest BCUT2D eigenvalue weighted by molar-refractivity contribution is 7.99. The molecule has 0 spiro atoms. The second-order valence-corrected chi connectivity index (χ2v) is 6.75. The van der Waals surface area contributed by atoms with E-state index in [4.69, 9.17) is 26.1 Å². The van der Waals surface area contributed by atoms with Crippen molar-refractivity contribution >= 4 is 34.3 Å². The monoisotopic (exact) mass is 359 g/mol. The molecular formula is C19H18ClNO2S. The van der Waals surface area contributed by atoms with Gasteiger partial charge in [-0.15, -0.1) is 11.8 Å². The van der Waals surface area contributed by atoms with E-state index in [0.29, 0.717) is 5.75 Å². The van der Waals surface area contributed by atoms with Crippen molar-refractivity contribution in [2.24, 2.45) is 0 Å². The van der Waals surface area contributed by atoms with Gasteiger partial charge in [-0.25, -0.2) is 4.98 Å². The van der Waals surface area contributed by atoms with Crippen LogP contribution in [0, 0.1) is 0 Å². The molecular weight excluding hydrogens is 342 g/mol. The minimum Gasteiger partial charge on any atom is -0.355 e. The molecule has 2 aromatic carbocycles. The third-order valence-corrected chi connectivity index (χ3v) is 4.95. The third kappa shape index (κ3) is 4.08. The number of ether oxygens (including phenoxy) is 2. The average Bonchev–Trinajstić information content (AvgIpc) is 2.62. The van der Waals surface area contributed by atoms with Gasteiger partial charge in [0.2, 0.25) is 0 Å². The third-order valence-electron chi connectivity index (χ3n) is 3.74. The Kier molecular flexibility index (Phi) is 5.74. The van der Waals surface area contributed by atoms with Crippen LogP contribution in [0.1, 0.15) is 0 Å². The number of rotatable bonds is 6. The van der Waals surface area contributed by atoms with Gasteiger partial charge in [-0.3, -0.25) is 0 Å². The molecule has 3 aromatic rings. The number of fused-ring (bicyclic) bond motifs is 1. The lowest BCUT2D eigenvalue weighted by molar-refractivity contribution is -0.0842. The fourth-order valence-corrected chi connectivity index (χ4v) is 3.42. The summed E-state index contributed by atoms with van der Waals surface area (Å²) in [7, 11) is 3.28. The Morgan fingerprint density at radius 1 is 0.958 bits per heavy atom. The van der Waals surface area contributed by atoms with E-state index in [-0.39, 0.29) is 6.29 Å². The first kappa shape index (κ1) is 17.2. The summed E-state index contributed by atoms with van der Waals surface area (Å²) in [6.07, 6.45) is -0.229. The van der Waals surface area contributed by atoms with Crippen LogP contribution in [-0.4, -0.2) is 31.2 Å². The van der Waals surface area contributed by atoms with Gasteiger partial charge in [-0.1, -0.05) is 41.9 Å². The summed E-state index contributed by atoms with van der Waals surface area (Å²) < 4.78 is 10.4. The van der Waals surface area contributed by atoms with Crippen LogP contribution in [0.15, 0.2) is 59.6 Å². The molecule has 0 aliphatic rings. The second kappa shape index (κ2) is 7.99. The molecule has 0 amide bonds. The van der Waals surface area contributed by atoms with Crippen LogP contribution in [0.3, 0.4) is 0 Å². The summed E-state index contributed by atoms with van der Waals surface area (Å²) >= 11 is 7.58. The van der Waals surface area contributed by atoms with E-state index in [0.717, 1.165) is 32.1 Å². The molecule has 0 bridgehead atoms. The SMILES string of the molecule is COC(CSc1ccc2ccc(-c3ccc(Cl)cc3)cc2n1)OC. The van der Waals surface area contributed by atoms with E-state index in [2.05, 4.69) is 24.3 Å². The highest BCUT2D eigenvalue weighted by Crippen LogP contribution is 2.27. The summed E-state index contributed by atoms with van der Waals surface area (Å²) in [4.78, 5) is 4.75. The van der Waals surface area contributed by atoms with Crippen molar-refractivity contribution in [3.05, 3.63) is 59.6 Å². The fourth-order valence-electron chi connectivity index (χ4n) is 2.39. The van der Waals surface area contributed by atoms with Crippen LogP contribution >= 0.6 is 23.4 Å². The molecule has 0 aliphatic carbocycles. The number of hydrogen-bond acceptors (Lipinski definition) is 4. The molecule has 0 saturated heterocycles. The number of thioether (sulfide) groups is 1. The van der Waals surface area contributed by atoms with Crippen molar-refractivity contribution in [1.82, 2.24) is 4.98 Å². The summed E-state index contributed by atoms with van der Waals surface area (Å²) in [5.74, 6) is 0.697. The normalized spacial score (nSPS) is 11.3. The maximum absolute atomic E-state index is 5.96. The zero-order valence-electron chi connectivity index (χ0n) is 13.5. The molecule has 5 heteroatoms. The van der Waals surface area contributed by atoms with Gasteiger partial charge in [0.1, 0.15) is 0 Å². The van der Waals surface area contributed by atoms with Crippen molar-refractivity contribution in [1.29, 1.82) is 0 Å². The van der Waals surface area contributed by atoms with Crippen LogP contribution in [0.4, 0.5) is 0 Å². The minimum absolute atomic E-state index is 0.229. The van der Waals surface area contributed by atoms with E-state index in [1.165, 1.54) is 0 Å². The summed E-state index contributed by atoms with van der Waals surface area (Å²) in [6, 6.07) is 18.2. The molecule has 0 saturated carbocycles. The standard InChI is InChI=1S/C19H18ClNO2S/c1-22-19(23-2)12-24-18-10-7-14-3-4-15(11-17(14)21-18)13-5-8-16(20)9-6-13/h3-11,19H,12H2,1-2H3. The van der Waals surface area contributed by atoms with Gasteiger partial charge in [0.15, 0.2) is 6.29 Å². The highest BCUT2D eigenvalue weighted by Gasteiger charge is 2.08. The Hall–Kier alpha value is -1.59. The number of aromatic nitrogens is 1. The number of hydrogen-bond donors (Lipinski definition) is 0. The van der Waals surface area contributed by atoms with E-state index < -0.39 is 0 Å². The van der Waals surface area contributed by atoms with Gasteiger partial charge in [-0.2, -0.15) is 0 Å². The Morgan fingerprint density at radius 2 is 1.62 bits per heavy atom. The summed E-state index contributed by atoms with van der Waals surface area (Å²) in [6.45, 7) is 0. The van der Waals surface area contributed by atoms with Crippen LogP contribution in [0.5, 0.6) is 0 Å². The first-order chi connectivity index (χ1) is 11.7. The zero-order valence-corrected chi connectivity index (χ0v) is 15.1. The number of methoxy groups -OCH3 is 2. The average molecular weight is 360 g/mol. The topological polar surface area (TPSA) is 31.4 Å². The molecule has 24 heavy (non-hydrogen) atoms. The smallest absolute Gasteiger partial charge is 0.166 e. The summed E-state index contributed by atoms with van der Waals surface area (Å²) in [5.41, 5.74) is 3.22. The first-order valence-electron chi connectivity index (χ1n) is 7.55. The van der Waals surface area contributed by atoms with Crippen LogP contribution in [-0.2, 0) is 9.47 Å². The maximum Gasteiger partial charge on any atom is 0.166 e. The van der Waals surface area contributed by atoms with Crippen LogP contribution in [0.25, 0.3) is 22.0 Å². The Morgan fingerprint density at radius 3 is 2.33 bits per heavy atom. The van der Waals surface area contributed by atoms with E-state index in [9.17, 15) is 0 Å². The molecule has 0 unspecified atom stereocenters. The van der Waals surface area contributed by atoms with E-state index in [1.807, 2.05) is 30.3 Å². The zero-order chi connectivity index (χ0) is 16.9. The molecule has 3 nitrogen and oxygen atoms in total. The van der Waals surface area contributed by atoms with Gasteiger partial charge in [-0.05, 0) is 35.4 Å². The van der Waals surface area contributed by atoms with Crippen molar-refractivity contribution in [2.75, 3.05) is 20.0 Å². The van der Waals surface area contributed by atoms with E-state index in [1.54, 1.807) is 26.0 Å². The highest BCUT2D eigenvalue weighted by atomic mass is 35.5. The van der Waals surface area contributed by atoms with Gasteiger partial charge in [0.25, 0.3) is 0 Å². The molecule has 0 atom stereocenters. The maximum atomic E-state index is 5.96. The lowest BCUT2D eigenvalue weighted by Crippen LogP contribution is -2.15. The summed E-state index contributed by atoms with van der Waals surface area (Å²) in [5, 5.41) is 2.81. The quantitative estimate of drug-likeness (QED) is 0.443. The Bertz CT molecular complexity index is 819. The Balaban J connectivity index is 1.86. The Labute approximate surface area is 151 Å². The van der Waals surface area contributed by atoms with Gasteiger partial charge in [0.05, 0.1) is 16.3 Å². The van der Waals surface area contributed by atoms with Crippen LogP contribution < -0.4 is 0 Å². The largest absolute Gasteiger partial charge is 0.355 e. The molecule has 0 radical (unpaired) electrons. The molecule has 1 aromatic heterocycles. The molecule has 0 N–H and O–H groups in total. The van der Waals surface area contributed by atoms with Gasteiger partial charge < -0.3 is 9.47 Å². The van der Waals surface area contributed by atoms with E-state index >= 15 is 0 Å². The molecule has 0 aliphatic heterocycles. The number of benzene rings is 2. The molecule has 3 rings (SSSR count). The minimum atomic E-state index is -0.229. The predicted octanol–water partition coefficient (Wildman–Crippen LogP) is 5.27. The van der Waals surface area contributed by atoms with Crippen molar-refractivity contribution in [3.63, 3.8) is 0 Å². The number of nitrogens with zero attached hydrogens (tertiary/aromatic N) is 1. The van der Waals surface area contributed by atoms with Gasteiger partial charge in [0, 0.05) is 24.6 Å². The lowest BCUT2D eigenvalue weighted by Gasteiger charge is -2.12. The predicted molar refractivity (Wildman–Crippen MR) is 101 cm³/mol. The molecule has 0 fully saturated rings. The van der Waals surface area contributed by atoms with Crippen molar-refractivity contribution < 1.29 is 9.47 Å². The first-order valence-corrected chi connectivity index (χ1v) is 8.91. The second-order valence-electron chi connectivity index (χ2n) is 5.28. The number of halogens is 1. The molecule has 124 valence electrons.